The first-order valence-corrected chi connectivity index (χ1v) is 5.11. The second-order valence-corrected chi connectivity index (χ2v) is 4.12. The number of methoxy groups -OCH3 is 1. The maximum absolute atomic E-state index is 11.2. The standard InChI is InChI=1S/C10H17NO2/c1-13-10(12)9-6-8(9)7-2-4-11-5-3-7/h7-9,11H,2-6H2,1H3/t8-,9+/m0/s1. The Kier molecular flexibility index (Phi) is 2.54. The first-order valence-electron chi connectivity index (χ1n) is 5.11. The number of nitrogens with one attached hydrogen (secondary N) is 1. The first kappa shape index (κ1) is 9.00. The third-order valence-corrected chi connectivity index (χ3v) is 3.33. The minimum absolute atomic E-state index is 0.00327. The van der Waals surface area contributed by atoms with Gasteiger partial charge in [-0.05, 0) is 44.2 Å². The van der Waals surface area contributed by atoms with Gasteiger partial charge in [0.1, 0.15) is 0 Å². The third kappa shape index (κ3) is 1.85. The lowest BCUT2D eigenvalue weighted by Gasteiger charge is -2.22. The molecule has 1 saturated heterocycles. The van der Waals surface area contributed by atoms with Gasteiger partial charge in [-0.2, -0.15) is 0 Å². The molecule has 1 heterocycles. The van der Waals surface area contributed by atoms with Crippen molar-refractivity contribution in [3.05, 3.63) is 0 Å². The second kappa shape index (κ2) is 3.66. The Morgan fingerprint density at radius 1 is 1.38 bits per heavy atom. The predicted octanol–water partition coefficient (Wildman–Crippen LogP) is 0.795. The van der Waals surface area contributed by atoms with Crippen molar-refractivity contribution >= 4 is 5.97 Å². The maximum atomic E-state index is 11.2. The largest absolute Gasteiger partial charge is 0.469 e. The minimum atomic E-state index is 0.00327. The molecule has 1 aliphatic heterocycles. The highest BCUT2D eigenvalue weighted by Crippen LogP contribution is 2.47. The average molecular weight is 183 g/mol. The Morgan fingerprint density at radius 3 is 2.69 bits per heavy atom. The van der Waals surface area contributed by atoms with Crippen molar-refractivity contribution < 1.29 is 9.53 Å². The van der Waals surface area contributed by atoms with Crippen LogP contribution in [0.4, 0.5) is 0 Å². The molecule has 2 fully saturated rings. The Morgan fingerprint density at radius 2 is 2.08 bits per heavy atom. The van der Waals surface area contributed by atoms with Gasteiger partial charge in [0.05, 0.1) is 13.0 Å². The van der Waals surface area contributed by atoms with E-state index in [2.05, 4.69) is 5.32 Å². The van der Waals surface area contributed by atoms with Gasteiger partial charge in [0, 0.05) is 0 Å². The summed E-state index contributed by atoms with van der Waals surface area (Å²) in [6.07, 6.45) is 3.54. The maximum Gasteiger partial charge on any atom is 0.308 e. The molecule has 0 amide bonds. The van der Waals surface area contributed by atoms with E-state index in [1.54, 1.807) is 0 Å². The Hall–Kier alpha value is -0.570. The zero-order valence-electron chi connectivity index (χ0n) is 8.08. The van der Waals surface area contributed by atoms with Crippen LogP contribution < -0.4 is 5.32 Å². The molecule has 3 nitrogen and oxygen atoms in total. The fourth-order valence-corrected chi connectivity index (χ4v) is 2.43. The van der Waals surface area contributed by atoms with Crippen LogP contribution in [0.1, 0.15) is 19.3 Å². The van der Waals surface area contributed by atoms with Gasteiger partial charge >= 0.3 is 5.97 Å². The van der Waals surface area contributed by atoms with Gasteiger partial charge in [0.25, 0.3) is 0 Å². The van der Waals surface area contributed by atoms with Crippen molar-refractivity contribution in [2.45, 2.75) is 19.3 Å². The molecule has 0 spiro atoms. The predicted molar refractivity (Wildman–Crippen MR) is 49.2 cm³/mol. The fraction of sp³-hybridized carbons (Fsp3) is 0.900. The molecule has 2 atom stereocenters. The van der Waals surface area contributed by atoms with Crippen molar-refractivity contribution in [3.63, 3.8) is 0 Å². The second-order valence-electron chi connectivity index (χ2n) is 4.12. The number of esters is 1. The molecule has 2 aliphatic rings. The van der Waals surface area contributed by atoms with Crippen molar-refractivity contribution in [2.24, 2.45) is 17.8 Å². The monoisotopic (exact) mass is 183 g/mol. The zero-order chi connectivity index (χ0) is 9.26. The zero-order valence-corrected chi connectivity index (χ0v) is 8.08. The van der Waals surface area contributed by atoms with Gasteiger partial charge < -0.3 is 10.1 Å². The van der Waals surface area contributed by atoms with Crippen LogP contribution in [-0.4, -0.2) is 26.2 Å². The molecule has 0 unspecified atom stereocenters. The van der Waals surface area contributed by atoms with E-state index in [0.29, 0.717) is 5.92 Å². The van der Waals surface area contributed by atoms with Crippen LogP contribution in [0.5, 0.6) is 0 Å². The molecule has 0 aromatic heterocycles. The van der Waals surface area contributed by atoms with E-state index in [9.17, 15) is 4.79 Å². The fourth-order valence-electron chi connectivity index (χ4n) is 2.43. The quantitative estimate of drug-likeness (QED) is 0.643. The van der Waals surface area contributed by atoms with Gasteiger partial charge in [0.15, 0.2) is 0 Å². The summed E-state index contributed by atoms with van der Waals surface area (Å²) in [6, 6.07) is 0. The summed E-state index contributed by atoms with van der Waals surface area (Å²) in [5.74, 6) is 1.64. The summed E-state index contributed by atoms with van der Waals surface area (Å²) in [6.45, 7) is 2.24. The number of hydrogen-bond acceptors (Lipinski definition) is 3. The average Bonchev–Trinajstić information content (AvgIpc) is 2.98. The van der Waals surface area contributed by atoms with Crippen molar-refractivity contribution in [3.8, 4) is 0 Å². The summed E-state index contributed by atoms with van der Waals surface area (Å²) < 4.78 is 4.74. The van der Waals surface area contributed by atoms with E-state index >= 15 is 0 Å². The molecule has 0 radical (unpaired) electrons. The van der Waals surface area contributed by atoms with Crippen molar-refractivity contribution in [1.82, 2.24) is 5.32 Å². The lowest BCUT2D eigenvalue weighted by atomic mass is 9.92. The van der Waals surface area contributed by atoms with Crippen molar-refractivity contribution in [1.29, 1.82) is 0 Å². The van der Waals surface area contributed by atoms with E-state index in [0.717, 1.165) is 25.4 Å². The topological polar surface area (TPSA) is 38.3 Å². The van der Waals surface area contributed by atoms with Crippen LogP contribution in [0.15, 0.2) is 0 Å². The van der Waals surface area contributed by atoms with Crippen LogP contribution in [0.3, 0.4) is 0 Å². The highest BCUT2D eigenvalue weighted by atomic mass is 16.5. The molecule has 0 bridgehead atoms. The molecule has 0 aromatic carbocycles. The number of piperidine rings is 1. The molecule has 0 aromatic rings. The molecule has 1 aliphatic carbocycles. The van der Waals surface area contributed by atoms with Crippen molar-refractivity contribution in [2.75, 3.05) is 20.2 Å². The van der Waals surface area contributed by atoms with Gasteiger partial charge in [-0.25, -0.2) is 0 Å². The third-order valence-electron chi connectivity index (χ3n) is 3.33. The summed E-state index contributed by atoms with van der Waals surface area (Å²) in [7, 11) is 1.49. The number of ether oxygens (including phenoxy) is 1. The van der Waals surface area contributed by atoms with Gasteiger partial charge in [-0.1, -0.05) is 0 Å². The SMILES string of the molecule is COC(=O)[C@@H]1C[C@H]1C1CCNCC1. The molecule has 2 rings (SSSR count). The summed E-state index contributed by atoms with van der Waals surface area (Å²) in [4.78, 5) is 11.2. The van der Waals surface area contributed by atoms with Crippen LogP contribution in [0, 0.1) is 17.8 Å². The van der Waals surface area contributed by atoms with Gasteiger partial charge in [0.2, 0.25) is 0 Å². The molecule has 74 valence electrons. The minimum Gasteiger partial charge on any atom is -0.469 e. The Balaban J connectivity index is 1.81. The van der Waals surface area contributed by atoms with Crippen LogP contribution in [0.25, 0.3) is 0 Å². The Bertz CT molecular complexity index is 199. The number of hydrogen-bond donors (Lipinski definition) is 1. The molecule has 1 saturated carbocycles. The number of carbonyl (C=O) groups is 1. The molecular formula is C10H17NO2. The molecule has 13 heavy (non-hydrogen) atoms. The summed E-state index contributed by atoms with van der Waals surface area (Å²) in [5, 5.41) is 3.34. The number of rotatable bonds is 2. The first-order chi connectivity index (χ1) is 6.33. The Labute approximate surface area is 78.8 Å². The van der Waals surface area contributed by atoms with Gasteiger partial charge in [-0.15, -0.1) is 0 Å². The molecule has 1 N–H and O–H groups in total. The molecular weight excluding hydrogens is 166 g/mol. The van der Waals surface area contributed by atoms with E-state index in [1.807, 2.05) is 0 Å². The highest BCUT2D eigenvalue weighted by Gasteiger charge is 2.48. The normalized spacial score (nSPS) is 34.2. The number of carbonyl (C=O) groups excluding carboxylic acids is 1. The van der Waals surface area contributed by atoms with Crippen LogP contribution in [0.2, 0.25) is 0 Å². The van der Waals surface area contributed by atoms with Crippen LogP contribution >= 0.6 is 0 Å². The van der Waals surface area contributed by atoms with Gasteiger partial charge in [-0.3, -0.25) is 4.79 Å². The lowest BCUT2D eigenvalue weighted by molar-refractivity contribution is -0.142. The summed E-state index contributed by atoms with van der Waals surface area (Å²) in [5.41, 5.74) is 0. The lowest BCUT2D eigenvalue weighted by Crippen LogP contribution is -2.29. The molecule has 3 heteroatoms. The smallest absolute Gasteiger partial charge is 0.308 e. The van der Waals surface area contributed by atoms with Crippen LogP contribution in [-0.2, 0) is 9.53 Å². The van der Waals surface area contributed by atoms with E-state index in [4.69, 9.17) is 4.74 Å². The highest BCUT2D eigenvalue weighted by molar-refractivity contribution is 5.75. The van der Waals surface area contributed by atoms with E-state index in [-0.39, 0.29) is 11.9 Å². The summed E-state index contributed by atoms with van der Waals surface area (Å²) >= 11 is 0. The van der Waals surface area contributed by atoms with E-state index < -0.39 is 0 Å². The van der Waals surface area contributed by atoms with E-state index in [1.165, 1.54) is 20.0 Å².